The molecule has 1 amide bonds. The topological polar surface area (TPSA) is 75.7 Å². The van der Waals surface area contributed by atoms with Gasteiger partial charge in [0.15, 0.2) is 0 Å². The van der Waals surface area contributed by atoms with E-state index in [1.54, 1.807) is 18.2 Å². The number of morpholine rings is 1. The molecule has 1 aliphatic carbocycles. The molecule has 1 N–H and O–H groups in total. The highest BCUT2D eigenvalue weighted by Crippen LogP contribution is 2.38. The fraction of sp³-hybridized carbons (Fsp3) is 0.533. The van der Waals surface area contributed by atoms with Crippen molar-refractivity contribution in [1.82, 2.24) is 4.31 Å². The van der Waals surface area contributed by atoms with Crippen molar-refractivity contribution >= 4 is 21.6 Å². The first kappa shape index (κ1) is 15.5. The first-order chi connectivity index (χ1) is 10.5. The van der Waals surface area contributed by atoms with Crippen LogP contribution in [0, 0.1) is 11.8 Å². The van der Waals surface area contributed by atoms with E-state index in [4.69, 9.17) is 4.74 Å². The average Bonchev–Trinajstić information content (AvgIpc) is 3.25. The van der Waals surface area contributed by atoms with E-state index in [-0.39, 0.29) is 16.7 Å². The summed E-state index contributed by atoms with van der Waals surface area (Å²) in [7, 11) is -3.53. The number of benzene rings is 1. The summed E-state index contributed by atoms with van der Waals surface area (Å²) in [6, 6.07) is 6.44. The highest BCUT2D eigenvalue weighted by atomic mass is 32.2. The van der Waals surface area contributed by atoms with Gasteiger partial charge >= 0.3 is 0 Å². The molecule has 2 atom stereocenters. The Morgan fingerprint density at radius 1 is 1.32 bits per heavy atom. The molecule has 0 aromatic heterocycles. The minimum absolute atomic E-state index is 0.0339. The lowest BCUT2D eigenvalue weighted by molar-refractivity contribution is -0.117. The zero-order chi connectivity index (χ0) is 15.7. The third-order valence-corrected chi connectivity index (χ3v) is 6.05. The molecule has 1 saturated heterocycles. The van der Waals surface area contributed by atoms with Gasteiger partial charge < -0.3 is 10.1 Å². The molecule has 7 heteroatoms. The van der Waals surface area contributed by atoms with E-state index in [0.717, 1.165) is 6.42 Å². The van der Waals surface area contributed by atoms with Gasteiger partial charge in [0.25, 0.3) is 0 Å². The largest absolute Gasteiger partial charge is 0.379 e. The highest BCUT2D eigenvalue weighted by molar-refractivity contribution is 7.89. The van der Waals surface area contributed by atoms with Gasteiger partial charge in [-0.3, -0.25) is 4.79 Å². The van der Waals surface area contributed by atoms with Crippen molar-refractivity contribution in [3.8, 4) is 0 Å². The fourth-order valence-electron chi connectivity index (χ4n) is 2.59. The van der Waals surface area contributed by atoms with Gasteiger partial charge in [0.05, 0.1) is 18.1 Å². The van der Waals surface area contributed by atoms with Crippen LogP contribution in [-0.4, -0.2) is 44.9 Å². The SMILES string of the molecule is C[C@@H]1C[C@H]1C(=O)Nc1cccc(S(=O)(=O)N2CCOCC2)c1. The molecule has 1 saturated carbocycles. The van der Waals surface area contributed by atoms with E-state index < -0.39 is 10.0 Å². The van der Waals surface area contributed by atoms with Crippen molar-refractivity contribution in [2.24, 2.45) is 11.8 Å². The minimum Gasteiger partial charge on any atom is -0.379 e. The number of nitrogens with zero attached hydrogens (tertiary/aromatic N) is 1. The monoisotopic (exact) mass is 324 g/mol. The van der Waals surface area contributed by atoms with E-state index in [1.165, 1.54) is 10.4 Å². The molecule has 1 aromatic rings. The van der Waals surface area contributed by atoms with Gasteiger partial charge in [-0.2, -0.15) is 4.31 Å². The fourth-order valence-corrected chi connectivity index (χ4v) is 4.05. The Hall–Kier alpha value is -1.44. The molecule has 2 fully saturated rings. The number of ether oxygens (including phenoxy) is 1. The van der Waals surface area contributed by atoms with Gasteiger partial charge in [0.1, 0.15) is 0 Å². The van der Waals surface area contributed by atoms with Crippen molar-refractivity contribution in [2.45, 2.75) is 18.2 Å². The number of carbonyl (C=O) groups is 1. The predicted molar refractivity (Wildman–Crippen MR) is 81.9 cm³/mol. The average molecular weight is 324 g/mol. The Bertz CT molecular complexity index is 668. The number of sulfonamides is 1. The van der Waals surface area contributed by atoms with Gasteiger partial charge in [0.2, 0.25) is 15.9 Å². The number of hydrogen-bond acceptors (Lipinski definition) is 4. The van der Waals surface area contributed by atoms with Crippen LogP contribution in [0.1, 0.15) is 13.3 Å². The van der Waals surface area contributed by atoms with Gasteiger partial charge in [-0.25, -0.2) is 8.42 Å². The second kappa shape index (κ2) is 5.98. The third kappa shape index (κ3) is 3.16. The van der Waals surface area contributed by atoms with Crippen LogP contribution in [0.15, 0.2) is 29.2 Å². The van der Waals surface area contributed by atoms with Crippen molar-refractivity contribution in [3.63, 3.8) is 0 Å². The smallest absolute Gasteiger partial charge is 0.243 e. The lowest BCUT2D eigenvalue weighted by Gasteiger charge is -2.26. The molecular weight excluding hydrogens is 304 g/mol. The molecule has 2 aliphatic rings. The molecule has 3 rings (SSSR count). The number of carbonyl (C=O) groups excluding carboxylic acids is 1. The summed E-state index contributed by atoms with van der Waals surface area (Å²) in [6.45, 7) is 3.57. The Morgan fingerprint density at radius 3 is 2.64 bits per heavy atom. The quantitative estimate of drug-likeness (QED) is 0.906. The van der Waals surface area contributed by atoms with E-state index in [2.05, 4.69) is 5.32 Å². The standard InChI is InChI=1S/C15H20N2O4S/c1-11-9-14(11)15(18)16-12-3-2-4-13(10-12)22(19,20)17-5-7-21-8-6-17/h2-4,10-11,14H,5-9H2,1H3,(H,16,18)/t11-,14-/m1/s1. The minimum atomic E-state index is -3.53. The summed E-state index contributed by atoms with van der Waals surface area (Å²) in [5.41, 5.74) is 0.526. The molecule has 120 valence electrons. The highest BCUT2D eigenvalue weighted by Gasteiger charge is 2.39. The van der Waals surface area contributed by atoms with E-state index in [9.17, 15) is 13.2 Å². The van der Waals surface area contributed by atoms with Gasteiger partial charge in [0, 0.05) is 24.7 Å². The van der Waals surface area contributed by atoms with Crippen LogP contribution in [0.2, 0.25) is 0 Å². The summed E-state index contributed by atoms with van der Waals surface area (Å²) in [5.74, 6) is 0.438. The zero-order valence-corrected chi connectivity index (χ0v) is 13.3. The van der Waals surface area contributed by atoms with Crippen molar-refractivity contribution < 1.29 is 17.9 Å². The van der Waals surface area contributed by atoms with Crippen LogP contribution in [0.3, 0.4) is 0 Å². The number of rotatable bonds is 4. The molecule has 22 heavy (non-hydrogen) atoms. The first-order valence-corrected chi connectivity index (χ1v) is 8.91. The van der Waals surface area contributed by atoms with E-state index in [0.29, 0.717) is 37.9 Å². The van der Waals surface area contributed by atoms with Crippen molar-refractivity contribution in [1.29, 1.82) is 0 Å². The number of hydrogen-bond donors (Lipinski definition) is 1. The van der Waals surface area contributed by atoms with Crippen LogP contribution < -0.4 is 5.32 Å². The molecule has 0 radical (unpaired) electrons. The third-order valence-electron chi connectivity index (χ3n) is 4.16. The summed E-state index contributed by atoms with van der Waals surface area (Å²) in [5, 5.41) is 2.80. The molecule has 1 aliphatic heterocycles. The van der Waals surface area contributed by atoms with Crippen LogP contribution >= 0.6 is 0 Å². The second-order valence-electron chi connectivity index (χ2n) is 5.85. The molecule has 1 heterocycles. The van der Waals surface area contributed by atoms with Crippen LogP contribution in [-0.2, 0) is 19.6 Å². The number of amides is 1. The summed E-state index contributed by atoms with van der Waals surface area (Å²) >= 11 is 0. The molecular formula is C15H20N2O4S. The van der Waals surface area contributed by atoms with Crippen LogP contribution in [0.25, 0.3) is 0 Å². The normalized spacial score (nSPS) is 25.7. The Balaban J connectivity index is 1.76. The van der Waals surface area contributed by atoms with Crippen molar-refractivity contribution in [3.05, 3.63) is 24.3 Å². The molecule has 0 unspecified atom stereocenters. The second-order valence-corrected chi connectivity index (χ2v) is 7.79. The zero-order valence-electron chi connectivity index (χ0n) is 12.5. The van der Waals surface area contributed by atoms with Crippen LogP contribution in [0.4, 0.5) is 5.69 Å². The van der Waals surface area contributed by atoms with Crippen LogP contribution in [0.5, 0.6) is 0 Å². The maximum atomic E-state index is 12.6. The summed E-state index contributed by atoms with van der Waals surface area (Å²) in [6.07, 6.45) is 0.900. The van der Waals surface area contributed by atoms with Gasteiger partial charge in [-0.15, -0.1) is 0 Å². The maximum absolute atomic E-state index is 12.6. The Morgan fingerprint density at radius 2 is 2.00 bits per heavy atom. The number of anilines is 1. The molecule has 1 aromatic carbocycles. The van der Waals surface area contributed by atoms with E-state index in [1.807, 2.05) is 6.92 Å². The summed E-state index contributed by atoms with van der Waals surface area (Å²) in [4.78, 5) is 12.2. The van der Waals surface area contributed by atoms with Crippen molar-refractivity contribution in [2.75, 3.05) is 31.6 Å². The van der Waals surface area contributed by atoms with Gasteiger partial charge in [-0.1, -0.05) is 13.0 Å². The lowest BCUT2D eigenvalue weighted by Crippen LogP contribution is -2.40. The maximum Gasteiger partial charge on any atom is 0.243 e. The summed E-state index contributed by atoms with van der Waals surface area (Å²) < 4.78 is 31.8. The van der Waals surface area contributed by atoms with Gasteiger partial charge in [-0.05, 0) is 30.5 Å². The molecule has 0 bridgehead atoms. The Kier molecular flexibility index (Phi) is 4.20. The number of nitrogens with one attached hydrogen (secondary N) is 1. The van der Waals surface area contributed by atoms with E-state index >= 15 is 0 Å². The predicted octanol–water partition coefficient (Wildman–Crippen LogP) is 1.30. The first-order valence-electron chi connectivity index (χ1n) is 7.47. The molecule has 0 spiro atoms. The Labute approximate surface area is 130 Å². The lowest BCUT2D eigenvalue weighted by atomic mass is 10.3. The molecule has 6 nitrogen and oxygen atoms in total.